The Balaban J connectivity index is 2.38. The Morgan fingerprint density at radius 1 is 1.24 bits per heavy atom. The van der Waals surface area contributed by atoms with Gasteiger partial charge in [0.25, 0.3) is 0 Å². The van der Waals surface area contributed by atoms with Gasteiger partial charge in [-0.3, -0.25) is 5.01 Å². The van der Waals surface area contributed by atoms with Gasteiger partial charge in [0, 0.05) is 11.3 Å². The molecule has 0 saturated heterocycles. The van der Waals surface area contributed by atoms with Crippen LogP contribution in [0.15, 0.2) is 53.6 Å². The maximum atomic E-state index is 6.04. The maximum Gasteiger partial charge on any atom is 0.102 e. The summed E-state index contributed by atoms with van der Waals surface area (Å²) >= 11 is 0. The molecule has 0 bridgehead atoms. The SMILES string of the molecule is C#CCN(/N=C(\C)c1cc(C)ccc1N)c1ccccc1. The summed E-state index contributed by atoms with van der Waals surface area (Å²) in [7, 11) is 0. The number of hydrazone groups is 1. The maximum absolute atomic E-state index is 6.04. The number of nitrogens with zero attached hydrogens (tertiary/aromatic N) is 2. The van der Waals surface area contributed by atoms with Gasteiger partial charge < -0.3 is 5.73 Å². The Kier molecular flexibility index (Phi) is 4.63. The summed E-state index contributed by atoms with van der Waals surface area (Å²) < 4.78 is 0. The van der Waals surface area contributed by atoms with Crippen molar-refractivity contribution in [3.05, 3.63) is 59.7 Å². The fraction of sp³-hybridized carbons (Fsp3) is 0.167. The molecule has 2 rings (SSSR count). The van der Waals surface area contributed by atoms with Gasteiger partial charge in [-0.2, -0.15) is 5.10 Å². The molecule has 0 saturated carbocycles. The molecule has 2 N–H and O–H groups in total. The Morgan fingerprint density at radius 3 is 2.62 bits per heavy atom. The van der Waals surface area contributed by atoms with Gasteiger partial charge in [-0.05, 0) is 38.1 Å². The van der Waals surface area contributed by atoms with E-state index in [1.807, 2.05) is 62.4 Å². The molecule has 21 heavy (non-hydrogen) atoms. The lowest BCUT2D eigenvalue weighted by Gasteiger charge is -2.18. The van der Waals surface area contributed by atoms with Crippen molar-refractivity contribution < 1.29 is 0 Å². The summed E-state index contributed by atoms with van der Waals surface area (Å²) in [5.74, 6) is 2.64. The first kappa shape index (κ1) is 14.7. The summed E-state index contributed by atoms with van der Waals surface area (Å²) in [6, 6.07) is 15.8. The zero-order valence-corrected chi connectivity index (χ0v) is 12.4. The predicted octanol–water partition coefficient (Wildman–Crippen LogP) is 3.44. The van der Waals surface area contributed by atoms with Crippen LogP contribution in [0.2, 0.25) is 0 Å². The van der Waals surface area contributed by atoms with E-state index in [4.69, 9.17) is 12.2 Å². The van der Waals surface area contributed by atoms with Gasteiger partial charge in [0.2, 0.25) is 0 Å². The first-order valence-corrected chi connectivity index (χ1v) is 6.79. The van der Waals surface area contributed by atoms with Crippen molar-refractivity contribution in [2.24, 2.45) is 5.10 Å². The van der Waals surface area contributed by atoms with Crippen molar-refractivity contribution in [1.29, 1.82) is 0 Å². The second kappa shape index (κ2) is 6.62. The monoisotopic (exact) mass is 277 g/mol. The Bertz CT molecular complexity index is 681. The summed E-state index contributed by atoms with van der Waals surface area (Å²) in [5.41, 5.74) is 10.6. The quantitative estimate of drug-likeness (QED) is 0.402. The van der Waals surface area contributed by atoms with Crippen molar-refractivity contribution in [2.75, 3.05) is 17.3 Å². The molecule has 0 aromatic heterocycles. The molecule has 3 nitrogen and oxygen atoms in total. The summed E-state index contributed by atoms with van der Waals surface area (Å²) in [6.45, 7) is 4.39. The van der Waals surface area contributed by atoms with Crippen LogP contribution in [0.3, 0.4) is 0 Å². The van der Waals surface area contributed by atoms with Crippen molar-refractivity contribution in [2.45, 2.75) is 13.8 Å². The van der Waals surface area contributed by atoms with Crippen LogP contribution in [0.5, 0.6) is 0 Å². The molecule has 0 unspecified atom stereocenters. The lowest BCUT2D eigenvalue weighted by atomic mass is 10.1. The van der Waals surface area contributed by atoms with Gasteiger partial charge in [0.05, 0.1) is 11.4 Å². The van der Waals surface area contributed by atoms with E-state index >= 15 is 0 Å². The number of hydrogen-bond donors (Lipinski definition) is 1. The number of para-hydroxylation sites is 1. The molecule has 0 aliphatic heterocycles. The Hall–Kier alpha value is -2.73. The zero-order chi connectivity index (χ0) is 15.2. The number of aryl methyl sites for hydroxylation is 1. The van der Waals surface area contributed by atoms with E-state index in [1.54, 1.807) is 5.01 Å². The smallest absolute Gasteiger partial charge is 0.102 e. The molecule has 3 heteroatoms. The number of terminal acetylenes is 1. The minimum atomic E-state index is 0.410. The van der Waals surface area contributed by atoms with Gasteiger partial charge in [0.1, 0.15) is 6.54 Å². The van der Waals surface area contributed by atoms with E-state index in [0.717, 1.165) is 28.2 Å². The first-order valence-electron chi connectivity index (χ1n) is 6.79. The van der Waals surface area contributed by atoms with E-state index < -0.39 is 0 Å². The standard InChI is InChI=1S/C18H19N3/c1-4-12-21(16-8-6-5-7-9-16)20-15(3)17-13-14(2)10-11-18(17)19/h1,5-11,13H,12,19H2,2-3H3/b20-15+. The summed E-state index contributed by atoms with van der Waals surface area (Å²) in [5, 5.41) is 6.44. The summed E-state index contributed by atoms with van der Waals surface area (Å²) in [6.07, 6.45) is 5.45. The largest absolute Gasteiger partial charge is 0.398 e. The van der Waals surface area contributed by atoms with Gasteiger partial charge in [0.15, 0.2) is 0 Å². The Labute approximate surface area is 126 Å². The van der Waals surface area contributed by atoms with E-state index in [1.165, 1.54) is 0 Å². The fourth-order valence-electron chi connectivity index (χ4n) is 2.09. The molecule has 0 aliphatic carbocycles. The molecule has 0 spiro atoms. The van der Waals surface area contributed by atoms with E-state index in [-0.39, 0.29) is 0 Å². The van der Waals surface area contributed by atoms with Crippen molar-refractivity contribution in [3.63, 3.8) is 0 Å². The molecule has 0 aliphatic rings. The van der Waals surface area contributed by atoms with Crippen molar-refractivity contribution in [1.82, 2.24) is 0 Å². The molecule has 106 valence electrons. The van der Waals surface area contributed by atoms with Crippen LogP contribution in [-0.4, -0.2) is 12.3 Å². The van der Waals surface area contributed by atoms with E-state index in [0.29, 0.717) is 6.54 Å². The Morgan fingerprint density at radius 2 is 1.95 bits per heavy atom. The van der Waals surface area contributed by atoms with E-state index in [2.05, 4.69) is 11.0 Å². The molecule has 0 fully saturated rings. The van der Waals surface area contributed by atoms with Crippen LogP contribution >= 0.6 is 0 Å². The third-order valence-corrected chi connectivity index (χ3v) is 3.16. The van der Waals surface area contributed by atoms with Crippen molar-refractivity contribution in [3.8, 4) is 12.3 Å². The summed E-state index contributed by atoms with van der Waals surface area (Å²) in [4.78, 5) is 0. The molecule has 0 amide bonds. The number of hydrogen-bond acceptors (Lipinski definition) is 3. The lowest BCUT2D eigenvalue weighted by Crippen LogP contribution is -2.19. The fourth-order valence-corrected chi connectivity index (χ4v) is 2.09. The second-order valence-corrected chi connectivity index (χ2v) is 4.87. The highest BCUT2D eigenvalue weighted by Crippen LogP contribution is 2.18. The molecule has 0 atom stereocenters. The van der Waals surface area contributed by atoms with Crippen LogP contribution in [0, 0.1) is 19.3 Å². The molecule has 2 aromatic rings. The third kappa shape index (κ3) is 3.64. The van der Waals surface area contributed by atoms with Crippen LogP contribution in [-0.2, 0) is 0 Å². The van der Waals surface area contributed by atoms with Gasteiger partial charge >= 0.3 is 0 Å². The zero-order valence-electron chi connectivity index (χ0n) is 12.4. The van der Waals surface area contributed by atoms with Crippen LogP contribution in [0.1, 0.15) is 18.1 Å². The molecule has 2 aromatic carbocycles. The van der Waals surface area contributed by atoms with Gasteiger partial charge in [-0.1, -0.05) is 35.7 Å². The molecule has 0 heterocycles. The molecular formula is C18H19N3. The second-order valence-electron chi connectivity index (χ2n) is 4.87. The normalized spacial score (nSPS) is 11.0. The van der Waals surface area contributed by atoms with Crippen LogP contribution in [0.4, 0.5) is 11.4 Å². The van der Waals surface area contributed by atoms with Gasteiger partial charge in [-0.25, -0.2) is 0 Å². The molecular weight excluding hydrogens is 258 g/mol. The highest BCUT2D eigenvalue weighted by atomic mass is 15.5. The third-order valence-electron chi connectivity index (χ3n) is 3.16. The minimum Gasteiger partial charge on any atom is -0.398 e. The molecule has 0 radical (unpaired) electrons. The van der Waals surface area contributed by atoms with E-state index in [9.17, 15) is 0 Å². The highest BCUT2D eigenvalue weighted by Gasteiger charge is 2.07. The number of nitrogen functional groups attached to an aromatic ring is 1. The highest BCUT2D eigenvalue weighted by molar-refractivity contribution is 6.03. The average Bonchev–Trinajstić information content (AvgIpc) is 2.50. The number of rotatable bonds is 4. The van der Waals surface area contributed by atoms with Crippen LogP contribution < -0.4 is 10.7 Å². The predicted molar refractivity (Wildman–Crippen MR) is 90.4 cm³/mol. The first-order chi connectivity index (χ1) is 10.1. The topological polar surface area (TPSA) is 41.6 Å². The van der Waals surface area contributed by atoms with Gasteiger partial charge in [-0.15, -0.1) is 6.42 Å². The lowest BCUT2D eigenvalue weighted by molar-refractivity contribution is 0.954. The number of benzene rings is 2. The van der Waals surface area contributed by atoms with Crippen LogP contribution in [0.25, 0.3) is 0 Å². The minimum absolute atomic E-state index is 0.410. The average molecular weight is 277 g/mol. The van der Waals surface area contributed by atoms with Crippen molar-refractivity contribution >= 4 is 17.1 Å². The number of anilines is 2. The number of nitrogens with two attached hydrogens (primary N) is 1.